The second kappa shape index (κ2) is 12.3. The van der Waals surface area contributed by atoms with Crippen LogP contribution in [0.25, 0.3) is 45.0 Å². The van der Waals surface area contributed by atoms with Crippen LogP contribution in [0.2, 0.25) is 0 Å². The highest BCUT2D eigenvalue weighted by Crippen LogP contribution is 2.28. The zero-order valence-corrected chi connectivity index (χ0v) is 24.7. The fourth-order valence-electron chi connectivity index (χ4n) is 4.66. The van der Waals surface area contributed by atoms with E-state index in [9.17, 15) is 0 Å². The molecule has 0 N–H and O–H groups in total. The molecule has 0 aliphatic carbocycles. The molecule has 0 spiro atoms. The molecular weight excluding hydrogens is 553 g/mol. The number of aromatic nitrogens is 4. The van der Waals surface area contributed by atoms with Crippen molar-refractivity contribution in [3.05, 3.63) is 94.0 Å². The van der Waals surface area contributed by atoms with Crippen LogP contribution in [0.1, 0.15) is 24.2 Å². The van der Waals surface area contributed by atoms with Crippen LogP contribution >= 0.6 is 22.7 Å². The molecule has 1 unspecified atom stereocenters. The van der Waals surface area contributed by atoms with Crippen molar-refractivity contribution in [1.29, 1.82) is 0 Å². The Labute approximate surface area is 246 Å². The van der Waals surface area contributed by atoms with E-state index < -0.39 is 0 Å². The van der Waals surface area contributed by atoms with E-state index in [1.165, 1.54) is 22.3 Å². The van der Waals surface area contributed by atoms with Gasteiger partial charge in [-0.15, -0.1) is 0 Å². The van der Waals surface area contributed by atoms with Crippen LogP contribution in [0.4, 0.5) is 0 Å². The zero-order chi connectivity index (χ0) is 28.2. The number of hydrogen-bond donors (Lipinski definition) is 0. The molecule has 41 heavy (non-hydrogen) atoms. The summed E-state index contributed by atoms with van der Waals surface area (Å²) in [6.45, 7) is 1.33. The van der Waals surface area contributed by atoms with Gasteiger partial charge in [0.25, 0.3) is 0 Å². The van der Waals surface area contributed by atoms with Crippen LogP contribution in [-0.2, 0) is 6.54 Å². The number of rotatable bonds is 11. The average molecular weight is 583 g/mol. The van der Waals surface area contributed by atoms with Crippen molar-refractivity contribution in [2.75, 3.05) is 27.7 Å². The van der Waals surface area contributed by atoms with Crippen molar-refractivity contribution >= 4 is 22.7 Å². The highest BCUT2D eigenvalue weighted by molar-refractivity contribution is 7.08. The van der Waals surface area contributed by atoms with Gasteiger partial charge in [-0.2, -0.15) is 32.6 Å². The van der Waals surface area contributed by atoms with Gasteiger partial charge in [0, 0.05) is 17.7 Å². The van der Waals surface area contributed by atoms with Crippen molar-refractivity contribution in [1.82, 2.24) is 30.1 Å². The first-order valence-electron chi connectivity index (χ1n) is 13.3. The van der Waals surface area contributed by atoms with E-state index in [0.717, 1.165) is 24.1 Å². The maximum absolute atomic E-state index is 5.72. The molecule has 8 nitrogen and oxygen atoms in total. The highest BCUT2D eigenvalue weighted by Gasteiger charge is 2.23. The van der Waals surface area contributed by atoms with E-state index in [2.05, 4.69) is 83.0 Å². The van der Waals surface area contributed by atoms with Crippen molar-refractivity contribution in [2.24, 2.45) is 0 Å². The van der Waals surface area contributed by atoms with Crippen molar-refractivity contribution in [2.45, 2.75) is 19.0 Å². The quantitative estimate of drug-likeness (QED) is 0.157. The van der Waals surface area contributed by atoms with E-state index >= 15 is 0 Å². The molecule has 208 valence electrons. The summed E-state index contributed by atoms with van der Waals surface area (Å²) in [7, 11) is 6.09. The third-order valence-electron chi connectivity index (χ3n) is 7.00. The second-order valence-corrected chi connectivity index (χ2v) is 11.7. The Morgan fingerprint density at radius 3 is 1.73 bits per heavy atom. The highest BCUT2D eigenvalue weighted by atomic mass is 32.1. The molecule has 0 amide bonds. The Kier molecular flexibility index (Phi) is 8.15. The second-order valence-electron chi connectivity index (χ2n) is 10.2. The molecule has 0 fully saturated rings. The molecule has 1 atom stereocenters. The molecule has 2 aromatic carbocycles. The summed E-state index contributed by atoms with van der Waals surface area (Å²) in [6.07, 6.45) is 0.799. The maximum atomic E-state index is 5.72. The molecule has 0 aliphatic heterocycles. The Bertz CT molecular complexity index is 1660. The average Bonchev–Trinajstić information content (AvgIpc) is 3.81. The first-order chi connectivity index (χ1) is 20.0. The number of hydrogen-bond acceptors (Lipinski definition) is 10. The van der Waals surface area contributed by atoms with Gasteiger partial charge in [-0.1, -0.05) is 58.8 Å². The fraction of sp³-hybridized carbons (Fsp3) is 0.226. The summed E-state index contributed by atoms with van der Waals surface area (Å²) in [6, 6.07) is 20.7. The van der Waals surface area contributed by atoms with Crippen molar-refractivity contribution in [3.63, 3.8) is 0 Å². The zero-order valence-electron chi connectivity index (χ0n) is 23.1. The molecule has 0 radical (unpaired) electrons. The minimum absolute atomic E-state index is 0.0243. The van der Waals surface area contributed by atoms with Gasteiger partial charge < -0.3 is 9.05 Å². The molecule has 0 aliphatic rings. The Hall–Kier alpha value is -3.96. The fourth-order valence-corrected chi connectivity index (χ4v) is 5.99. The topological polar surface area (TPSA) is 84.3 Å². The number of benzene rings is 2. The molecule has 6 aromatic rings. The lowest BCUT2D eigenvalue weighted by Gasteiger charge is -2.23. The molecule has 6 rings (SSSR count). The van der Waals surface area contributed by atoms with Crippen molar-refractivity contribution in [3.8, 4) is 45.0 Å². The third kappa shape index (κ3) is 6.36. The first-order valence-corrected chi connectivity index (χ1v) is 15.2. The van der Waals surface area contributed by atoms with Gasteiger partial charge in [-0.05, 0) is 83.5 Å². The van der Waals surface area contributed by atoms with Gasteiger partial charge in [0.1, 0.15) is 0 Å². The standard InChI is InChI=1S/C31H30N6O2S2/c1-36(2)27(31-33-30(35-39-31)24-10-6-22(7-11-24)26-14-17-41-20-26)12-15-37(3)18-28-32-29(34-38-28)23-8-4-21(5-9-23)25-13-16-40-19-25/h4-11,13-14,16-17,19-20,27H,12,15,18H2,1-3H3. The van der Waals surface area contributed by atoms with Gasteiger partial charge in [-0.25, -0.2) is 0 Å². The van der Waals surface area contributed by atoms with Gasteiger partial charge >= 0.3 is 0 Å². The molecule has 0 saturated carbocycles. The number of nitrogens with zero attached hydrogens (tertiary/aromatic N) is 6. The minimum Gasteiger partial charge on any atom is -0.338 e. The van der Waals surface area contributed by atoms with E-state index in [4.69, 9.17) is 14.0 Å². The van der Waals surface area contributed by atoms with Crippen LogP contribution < -0.4 is 0 Å². The SMILES string of the molecule is CN(CCC(c1nc(-c2ccc(-c3ccsc3)cc2)no1)N(C)C)Cc1nc(-c2ccc(-c3ccsc3)cc2)no1. The molecular formula is C31H30N6O2S2. The van der Waals surface area contributed by atoms with Crippen LogP contribution in [0.5, 0.6) is 0 Å². The van der Waals surface area contributed by atoms with Crippen LogP contribution in [0, 0.1) is 0 Å². The molecule has 0 bridgehead atoms. The Morgan fingerprint density at radius 2 is 1.20 bits per heavy atom. The molecule has 0 saturated heterocycles. The summed E-state index contributed by atoms with van der Waals surface area (Å²) in [5.41, 5.74) is 6.65. The lowest BCUT2D eigenvalue weighted by atomic mass is 10.1. The summed E-state index contributed by atoms with van der Waals surface area (Å²) in [5.74, 6) is 2.38. The Morgan fingerprint density at radius 1 is 0.659 bits per heavy atom. The van der Waals surface area contributed by atoms with Gasteiger partial charge in [0.2, 0.25) is 23.4 Å². The summed E-state index contributed by atoms with van der Waals surface area (Å²) >= 11 is 3.38. The van der Waals surface area contributed by atoms with Crippen molar-refractivity contribution < 1.29 is 9.05 Å². The summed E-state index contributed by atoms with van der Waals surface area (Å²) in [5, 5.41) is 16.9. The minimum atomic E-state index is -0.0243. The largest absolute Gasteiger partial charge is 0.338 e. The van der Waals surface area contributed by atoms with Gasteiger partial charge in [0.05, 0.1) is 12.6 Å². The van der Waals surface area contributed by atoms with Crippen LogP contribution in [0.3, 0.4) is 0 Å². The lowest BCUT2D eigenvalue weighted by molar-refractivity contribution is 0.186. The van der Waals surface area contributed by atoms with E-state index in [-0.39, 0.29) is 6.04 Å². The number of thiophene rings is 2. The maximum Gasteiger partial charge on any atom is 0.244 e. The van der Waals surface area contributed by atoms with Crippen LogP contribution in [0.15, 0.2) is 91.2 Å². The van der Waals surface area contributed by atoms with Crippen LogP contribution in [-0.4, -0.2) is 57.8 Å². The van der Waals surface area contributed by atoms with Gasteiger partial charge in [0.15, 0.2) is 0 Å². The molecule has 4 aromatic heterocycles. The molecule has 10 heteroatoms. The normalized spacial score (nSPS) is 12.4. The lowest BCUT2D eigenvalue weighted by Crippen LogP contribution is -2.27. The molecule has 4 heterocycles. The first kappa shape index (κ1) is 27.2. The smallest absolute Gasteiger partial charge is 0.244 e. The van der Waals surface area contributed by atoms with E-state index in [0.29, 0.717) is 30.0 Å². The predicted octanol–water partition coefficient (Wildman–Crippen LogP) is 7.37. The predicted molar refractivity (Wildman–Crippen MR) is 163 cm³/mol. The third-order valence-corrected chi connectivity index (χ3v) is 8.37. The van der Waals surface area contributed by atoms with E-state index in [1.807, 2.05) is 45.4 Å². The van der Waals surface area contributed by atoms with Gasteiger partial charge in [-0.3, -0.25) is 9.80 Å². The van der Waals surface area contributed by atoms with E-state index in [1.54, 1.807) is 22.7 Å². The Balaban J connectivity index is 1.06. The monoisotopic (exact) mass is 582 g/mol. The summed E-state index contributed by atoms with van der Waals surface area (Å²) in [4.78, 5) is 13.6. The summed E-state index contributed by atoms with van der Waals surface area (Å²) < 4.78 is 11.3.